The van der Waals surface area contributed by atoms with E-state index in [0.717, 1.165) is 11.4 Å². The van der Waals surface area contributed by atoms with Crippen molar-refractivity contribution >= 4 is 11.8 Å². The molecule has 0 aliphatic rings. The molecule has 5 heteroatoms. The largest absolute Gasteiger partial charge is 0.352 e. The molecule has 0 fully saturated rings. The Morgan fingerprint density at radius 2 is 1.86 bits per heavy atom. The lowest BCUT2D eigenvalue weighted by Gasteiger charge is -2.16. The van der Waals surface area contributed by atoms with Crippen LogP contribution < -0.4 is 15.5 Å². The lowest BCUT2D eigenvalue weighted by atomic mass is 10.1. The molecule has 1 rings (SSSR count). The van der Waals surface area contributed by atoms with Gasteiger partial charge in [0.2, 0.25) is 5.91 Å². The number of nitrogens with one attached hydrogen (secondary N) is 3. The van der Waals surface area contributed by atoms with Gasteiger partial charge in [-0.3, -0.25) is 9.59 Å². The molecule has 0 aromatic heterocycles. The lowest BCUT2D eigenvalue weighted by molar-refractivity contribution is -0.885. The normalized spacial score (nSPS) is 12.1. The van der Waals surface area contributed by atoms with Crippen molar-refractivity contribution in [3.8, 4) is 0 Å². The van der Waals surface area contributed by atoms with Gasteiger partial charge in [0.05, 0.1) is 13.6 Å². The highest BCUT2D eigenvalue weighted by Crippen LogP contribution is 2.08. The SMILES string of the molecule is Cc1ccc(C[NH+](C)CC(=O)NCC(=O)NC(C)C)c(C)c1. The Kier molecular flexibility index (Phi) is 7.05. The first-order valence-corrected chi connectivity index (χ1v) is 7.71. The molecule has 0 aliphatic heterocycles. The third-order valence-corrected chi connectivity index (χ3v) is 3.35. The monoisotopic (exact) mass is 306 g/mol. The van der Waals surface area contributed by atoms with E-state index in [2.05, 4.69) is 42.7 Å². The van der Waals surface area contributed by atoms with E-state index in [0.29, 0.717) is 6.54 Å². The summed E-state index contributed by atoms with van der Waals surface area (Å²) >= 11 is 0. The van der Waals surface area contributed by atoms with Gasteiger partial charge in [-0.1, -0.05) is 23.8 Å². The molecule has 1 atom stereocenters. The molecule has 22 heavy (non-hydrogen) atoms. The second-order valence-corrected chi connectivity index (χ2v) is 6.24. The Balaban J connectivity index is 2.39. The predicted octanol–water partition coefficient (Wildman–Crippen LogP) is -0.0411. The Hall–Kier alpha value is -1.88. The average Bonchev–Trinajstić information content (AvgIpc) is 2.39. The van der Waals surface area contributed by atoms with Crippen molar-refractivity contribution in [1.82, 2.24) is 10.6 Å². The molecule has 1 unspecified atom stereocenters. The number of hydrogen-bond donors (Lipinski definition) is 3. The van der Waals surface area contributed by atoms with Crippen molar-refractivity contribution in [2.45, 2.75) is 40.3 Å². The summed E-state index contributed by atoms with van der Waals surface area (Å²) in [7, 11) is 1.98. The number of quaternary nitrogens is 1. The average molecular weight is 306 g/mol. The first-order valence-electron chi connectivity index (χ1n) is 7.71. The molecule has 2 amide bonds. The van der Waals surface area contributed by atoms with Crippen LogP contribution >= 0.6 is 0 Å². The van der Waals surface area contributed by atoms with Crippen LogP contribution in [0.25, 0.3) is 0 Å². The van der Waals surface area contributed by atoms with Gasteiger partial charge in [-0.2, -0.15) is 0 Å². The maximum Gasteiger partial charge on any atom is 0.275 e. The number of aryl methyl sites for hydroxylation is 2. The molecule has 1 aromatic carbocycles. The van der Waals surface area contributed by atoms with E-state index >= 15 is 0 Å². The fourth-order valence-corrected chi connectivity index (χ4v) is 2.32. The summed E-state index contributed by atoms with van der Waals surface area (Å²) in [4.78, 5) is 24.4. The Labute approximate surface area is 133 Å². The molecule has 0 spiro atoms. The van der Waals surface area contributed by atoms with Gasteiger partial charge < -0.3 is 15.5 Å². The van der Waals surface area contributed by atoms with E-state index in [4.69, 9.17) is 0 Å². The zero-order chi connectivity index (χ0) is 16.7. The van der Waals surface area contributed by atoms with E-state index in [1.165, 1.54) is 16.7 Å². The molecule has 0 saturated carbocycles. The fraction of sp³-hybridized carbons (Fsp3) is 0.529. The van der Waals surface area contributed by atoms with Crippen LogP contribution in [0.4, 0.5) is 0 Å². The van der Waals surface area contributed by atoms with Crippen LogP contribution in [0.3, 0.4) is 0 Å². The van der Waals surface area contributed by atoms with Crippen LogP contribution in [-0.2, 0) is 16.1 Å². The molecule has 0 aliphatic carbocycles. The van der Waals surface area contributed by atoms with Crippen LogP contribution in [0.2, 0.25) is 0 Å². The Morgan fingerprint density at radius 3 is 2.45 bits per heavy atom. The fourth-order valence-electron chi connectivity index (χ4n) is 2.32. The number of carbonyl (C=O) groups is 2. The second-order valence-electron chi connectivity index (χ2n) is 6.24. The van der Waals surface area contributed by atoms with Crippen molar-refractivity contribution in [2.24, 2.45) is 0 Å². The smallest absolute Gasteiger partial charge is 0.275 e. The van der Waals surface area contributed by atoms with Gasteiger partial charge >= 0.3 is 0 Å². The number of benzene rings is 1. The topological polar surface area (TPSA) is 62.6 Å². The van der Waals surface area contributed by atoms with Crippen molar-refractivity contribution in [3.05, 3.63) is 34.9 Å². The second kappa shape index (κ2) is 8.54. The molecule has 0 saturated heterocycles. The summed E-state index contributed by atoms with van der Waals surface area (Å²) < 4.78 is 0. The van der Waals surface area contributed by atoms with E-state index in [1.807, 2.05) is 20.9 Å². The summed E-state index contributed by atoms with van der Waals surface area (Å²) in [6.07, 6.45) is 0. The van der Waals surface area contributed by atoms with Crippen molar-refractivity contribution in [2.75, 3.05) is 20.1 Å². The van der Waals surface area contributed by atoms with E-state index in [9.17, 15) is 9.59 Å². The van der Waals surface area contributed by atoms with Crippen LogP contribution in [0.15, 0.2) is 18.2 Å². The van der Waals surface area contributed by atoms with Gasteiger partial charge in [-0.25, -0.2) is 0 Å². The van der Waals surface area contributed by atoms with Crippen LogP contribution in [0, 0.1) is 13.8 Å². The zero-order valence-corrected chi connectivity index (χ0v) is 14.2. The minimum atomic E-state index is -0.157. The molecular formula is C17H28N3O2+. The van der Waals surface area contributed by atoms with E-state index in [-0.39, 0.29) is 24.4 Å². The quantitative estimate of drug-likeness (QED) is 0.662. The Morgan fingerprint density at radius 1 is 1.18 bits per heavy atom. The van der Waals surface area contributed by atoms with Crippen LogP contribution in [0.5, 0.6) is 0 Å². The molecular weight excluding hydrogens is 278 g/mol. The maximum atomic E-state index is 11.9. The molecule has 122 valence electrons. The highest BCUT2D eigenvalue weighted by molar-refractivity contribution is 5.85. The molecule has 1 aromatic rings. The highest BCUT2D eigenvalue weighted by atomic mass is 16.2. The molecule has 5 nitrogen and oxygen atoms in total. The van der Waals surface area contributed by atoms with Gasteiger partial charge in [0.1, 0.15) is 6.54 Å². The van der Waals surface area contributed by atoms with E-state index in [1.54, 1.807) is 0 Å². The van der Waals surface area contributed by atoms with Gasteiger partial charge in [0.25, 0.3) is 5.91 Å². The summed E-state index contributed by atoms with van der Waals surface area (Å²) in [5.74, 6) is -0.267. The summed E-state index contributed by atoms with van der Waals surface area (Å²) in [5.41, 5.74) is 3.73. The molecule has 0 bridgehead atoms. The van der Waals surface area contributed by atoms with Gasteiger partial charge in [0, 0.05) is 11.6 Å². The standard InChI is InChI=1S/C17H27N3O2/c1-12(2)19-16(21)9-18-17(22)11-20(5)10-15-7-6-13(3)8-14(15)4/h6-8,12H,9-11H2,1-5H3,(H,18,22)(H,19,21)/p+1. The van der Waals surface area contributed by atoms with Gasteiger partial charge in [-0.15, -0.1) is 0 Å². The van der Waals surface area contributed by atoms with Crippen molar-refractivity contribution < 1.29 is 14.5 Å². The predicted molar refractivity (Wildman–Crippen MR) is 87.7 cm³/mol. The number of rotatable bonds is 7. The van der Waals surface area contributed by atoms with Gasteiger partial charge in [0.15, 0.2) is 6.54 Å². The first kappa shape index (κ1) is 18.2. The van der Waals surface area contributed by atoms with E-state index < -0.39 is 0 Å². The summed E-state index contributed by atoms with van der Waals surface area (Å²) in [5, 5.41) is 5.40. The highest BCUT2D eigenvalue weighted by Gasteiger charge is 2.13. The molecule has 0 radical (unpaired) electrons. The third-order valence-electron chi connectivity index (χ3n) is 3.35. The minimum Gasteiger partial charge on any atom is -0.352 e. The number of hydrogen-bond acceptors (Lipinski definition) is 2. The Bertz CT molecular complexity index is 527. The lowest BCUT2D eigenvalue weighted by Crippen LogP contribution is -3.09. The minimum absolute atomic E-state index is 0.0356. The first-order chi connectivity index (χ1) is 10.3. The number of carbonyl (C=O) groups excluding carboxylic acids is 2. The van der Waals surface area contributed by atoms with Crippen molar-refractivity contribution in [3.63, 3.8) is 0 Å². The molecule has 0 heterocycles. The maximum absolute atomic E-state index is 11.9. The van der Waals surface area contributed by atoms with Crippen molar-refractivity contribution in [1.29, 1.82) is 0 Å². The number of amides is 2. The van der Waals surface area contributed by atoms with Gasteiger partial charge in [-0.05, 0) is 33.3 Å². The summed E-state index contributed by atoms with van der Waals surface area (Å²) in [6.45, 7) is 9.12. The van der Waals surface area contributed by atoms with Crippen LogP contribution in [0.1, 0.15) is 30.5 Å². The summed E-state index contributed by atoms with van der Waals surface area (Å²) in [6, 6.07) is 6.44. The van der Waals surface area contributed by atoms with Crippen LogP contribution in [-0.4, -0.2) is 38.0 Å². The number of likely N-dealkylation sites (N-methyl/N-ethyl adjacent to an activating group) is 1. The zero-order valence-electron chi connectivity index (χ0n) is 14.2. The third kappa shape index (κ3) is 6.72. The molecule has 3 N–H and O–H groups in total.